The van der Waals surface area contributed by atoms with Gasteiger partial charge in [0.1, 0.15) is 0 Å². The Morgan fingerprint density at radius 1 is 1.33 bits per heavy atom. The van der Waals surface area contributed by atoms with E-state index in [0.717, 1.165) is 51.5 Å². The van der Waals surface area contributed by atoms with Crippen LogP contribution in [0.1, 0.15) is 45.7 Å². The molecule has 1 aliphatic heterocycles. The van der Waals surface area contributed by atoms with Crippen LogP contribution in [0.5, 0.6) is 0 Å². The molecule has 1 saturated heterocycles. The summed E-state index contributed by atoms with van der Waals surface area (Å²) in [5, 5.41) is 10.1. The van der Waals surface area contributed by atoms with Gasteiger partial charge in [0.2, 0.25) is 0 Å². The second-order valence-electron chi connectivity index (χ2n) is 6.44. The van der Waals surface area contributed by atoms with Crippen molar-refractivity contribution >= 4 is 46.4 Å². The molecule has 0 saturated carbocycles. The minimum absolute atomic E-state index is 0. The van der Waals surface area contributed by atoms with E-state index in [1.54, 1.807) is 11.3 Å². The first-order valence-corrected chi connectivity index (χ1v) is 9.78. The van der Waals surface area contributed by atoms with Crippen molar-refractivity contribution in [1.82, 2.24) is 15.6 Å². The van der Waals surface area contributed by atoms with Gasteiger partial charge in [-0.25, -0.2) is 4.98 Å². The lowest BCUT2D eigenvalue weighted by Gasteiger charge is -2.12. The van der Waals surface area contributed by atoms with Gasteiger partial charge in [-0.2, -0.15) is 0 Å². The van der Waals surface area contributed by atoms with Crippen LogP contribution >= 0.6 is 35.3 Å². The summed E-state index contributed by atoms with van der Waals surface area (Å²) in [4.78, 5) is 11.8. The molecule has 0 aliphatic carbocycles. The Bertz CT molecular complexity index is 483. The summed E-state index contributed by atoms with van der Waals surface area (Å²) in [6.45, 7) is 11.5. The molecule has 0 radical (unpaired) electrons. The van der Waals surface area contributed by atoms with Gasteiger partial charge in [-0.1, -0.05) is 13.8 Å². The van der Waals surface area contributed by atoms with Crippen molar-refractivity contribution in [2.75, 3.05) is 37.6 Å². The second-order valence-corrected chi connectivity index (χ2v) is 7.27. The summed E-state index contributed by atoms with van der Waals surface area (Å²) in [6.07, 6.45) is 4.67. The number of aromatic nitrogens is 1. The minimum Gasteiger partial charge on any atom is -0.357 e. The summed E-state index contributed by atoms with van der Waals surface area (Å²) in [6, 6.07) is 0. The number of nitrogens with one attached hydrogen (secondary N) is 2. The first-order valence-electron chi connectivity index (χ1n) is 8.90. The van der Waals surface area contributed by atoms with Gasteiger partial charge in [0.25, 0.3) is 0 Å². The number of rotatable bonds is 8. The van der Waals surface area contributed by atoms with Gasteiger partial charge in [-0.15, -0.1) is 35.3 Å². The molecule has 0 unspecified atom stereocenters. The lowest BCUT2D eigenvalue weighted by Crippen LogP contribution is -2.38. The van der Waals surface area contributed by atoms with Crippen molar-refractivity contribution in [1.29, 1.82) is 0 Å². The van der Waals surface area contributed by atoms with E-state index in [-0.39, 0.29) is 24.0 Å². The Morgan fingerprint density at radius 2 is 2.08 bits per heavy atom. The smallest absolute Gasteiger partial charge is 0.191 e. The van der Waals surface area contributed by atoms with Gasteiger partial charge in [0.15, 0.2) is 11.1 Å². The summed E-state index contributed by atoms with van der Waals surface area (Å²) in [5.74, 6) is 1.61. The van der Waals surface area contributed by atoms with Crippen molar-refractivity contribution in [3.05, 3.63) is 11.1 Å². The van der Waals surface area contributed by atoms with Crippen LogP contribution in [0.3, 0.4) is 0 Å². The normalized spacial score (nSPS) is 14.8. The fraction of sp³-hybridized carbons (Fsp3) is 0.765. The van der Waals surface area contributed by atoms with E-state index >= 15 is 0 Å². The van der Waals surface area contributed by atoms with Gasteiger partial charge < -0.3 is 15.5 Å². The van der Waals surface area contributed by atoms with Crippen molar-refractivity contribution in [3.63, 3.8) is 0 Å². The van der Waals surface area contributed by atoms with Gasteiger partial charge in [-0.05, 0) is 32.1 Å². The molecule has 0 spiro atoms. The van der Waals surface area contributed by atoms with Crippen LogP contribution in [0.2, 0.25) is 0 Å². The molecule has 2 heterocycles. The molecule has 1 aliphatic rings. The number of anilines is 1. The predicted molar refractivity (Wildman–Crippen MR) is 116 cm³/mol. The van der Waals surface area contributed by atoms with Crippen LogP contribution in [0, 0.1) is 5.92 Å². The second kappa shape index (κ2) is 11.9. The lowest BCUT2D eigenvalue weighted by molar-refractivity contribution is 0.594. The Labute approximate surface area is 167 Å². The maximum Gasteiger partial charge on any atom is 0.191 e. The zero-order valence-corrected chi connectivity index (χ0v) is 18.3. The minimum atomic E-state index is 0. The topological polar surface area (TPSA) is 52.6 Å². The number of aliphatic imine (C=N–C) groups is 1. The average Bonchev–Trinajstić information content (AvgIpc) is 3.18. The van der Waals surface area contributed by atoms with Crippen molar-refractivity contribution in [3.8, 4) is 0 Å². The molecule has 0 atom stereocenters. The van der Waals surface area contributed by atoms with Gasteiger partial charge in [0.05, 0.1) is 5.69 Å². The molecule has 24 heavy (non-hydrogen) atoms. The van der Waals surface area contributed by atoms with Crippen molar-refractivity contribution in [2.24, 2.45) is 10.9 Å². The van der Waals surface area contributed by atoms with Gasteiger partial charge in [0, 0.05) is 44.5 Å². The molecule has 138 valence electrons. The number of halogens is 1. The Hall–Kier alpha value is -0.570. The zero-order chi connectivity index (χ0) is 16.5. The number of guanidine groups is 1. The van der Waals surface area contributed by atoms with E-state index in [1.165, 1.54) is 23.7 Å². The summed E-state index contributed by atoms with van der Waals surface area (Å²) in [7, 11) is 0. The molecule has 5 nitrogen and oxygen atoms in total. The zero-order valence-electron chi connectivity index (χ0n) is 15.2. The standard InChI is InChI=1S/C17H31N5S.HI/c1-4-18-16(19-9-7-14(2)3)20-10-8-15-13-23-17(21-15)22-11-5-6-12-22;/h13-14H,4-12H2,1-3H3,(H2,18,19,20);1H. The lowest BCUT2D eigenvalue weighted by atomic mass is 10.1. The largest absolute Gasteiger partial charge is 0.357 e. The highest BCUT2D eigenvalue weighted by atomic mass is 127. The third-order valence-corrected chi connectivity index (χ3v) is 4.86. The Kier molecular flexibility index (Phi) is 10.6. The van der Waals surface area contributed by atoms with Crippen LogP contribution in [0.15, 0.2) is 10.4 Å². The van der Waals surface area contributed by atoms with Gasteiger partial charge >= 0.3 is 0 Å². The van der Waals surface area contributed by atoms with Crippen LogP contribution < -0.4 is 15.5 Å². The van der Waals surface area contributed by atoms with E-state index < -0.39 is 0 Å². The SMILES string of the molecule is CCNC(=NCCC(C)C)NCCc1csc(N2CCCC2)n1.I. The Morgan fingerprint density at radius 3 is 2.75 bits per heavy atom. The molecule has 1 aromatic heterocycles. The van der Waals surface area contributed by atoms with Crippen LogP contribution in [0.4, 0.5) is 5.13 Å². The fourth-order valence-corrected chi connectivity index (χ4v) is 3.46. The highest BCUT2D eigenvalue weighted by Crippen LogP contribution is 2.24. The first-order chi connectivity index (χ1) is 11.2. The molecular weight excluding hydrogens is 433 g/mol. The number of thiazole rings is 1. The number of nitrogens with zero attached hydrogens (tertiary/aromatic N) is 3. The number of hydrogen-bond donors (Lipinski definition) is 2. The highest BCUT2D eigenvalue weighted by molar-refractivity contribution is 14.0. The van der Waals surface area contributed by atoms with Crippen LogP contribution in [0.25, 0.3) is 0 Å². The van der Waals surface area contributed by atoms with E-state index in [4.69, 9.17) is 4.98 Å². The summed E-state index contributed by atoms with van der Waals surface area (Å²) < 4.78 is 0. The van der Waals surface area contributed by atoms with Crippen LogP contribution in [-0.4, -0.2) is 43.7 Å². The highest BCUT2D eigenvalue weighted by Gasteiger charge is 2.15. The first kappa shape index (κ1) is 21.5. The molecule has 2 N–H and O–H groups in total. The third kappa shape index (κ3) is 7.55. The Balaban J connectivity index is 0.00000288. The molecule has 0 bridgehead atoms. The predicted octanol–water partition coefficient (Wildman–Crippen LogP) is 3.51. The molecule has 7 heteroatoms. The quantitative estimate of drug-likeness (QED) is 0.351. The molecule has 1 aromatic rings. The maximum absolute atomic E-state index is 4.76. The third-order valence-electron chi connectivity index (χ3n) is 3.91. The summed E-state index contributed by atoms with van der Waals surface area (Å²) >= 11 is 1.77. The van der Waals surface area contributed by atoms with Crippen molar-refractivity contribution < 1.29 is 0 Å². The fourth-order valence-electron chi connectivity index (χ4n) is 2.55. The monoisotopic (exact) mass is 465 g/mol. The molecule has 1 fully saturated rings. The molecule has 2 rings (SSSR count). The molecular formula is C17H32IN5S. The van der Waals surface area contributed by atoms with E-state index in [2.05, 4.69) is 46.7 Å². The van der Waals surface area contributed by atoms with E-state index in [1.807, 2.05) is 0 Å². The van der Waals surface area contributed by atoms with E-state index in [9.17, 15) is 0 Å². The van der Waals surface area contributed by atoms with E-state index in [0.29, 0.717) is 5.92 Å². The average molecular weight is 465 g/mol. The summed E-state index contributed by atoms with van der Waals surface area (Å²) in [5.41, 5.74) is 1.18. The number of hydrogen-bond acceptors (Lipinski definition) is 4. The van der Waals surface area contributed by atoms with Gasteiger partial charge in [-0.3, -0.25) is 4.99 Å². The molecule has 0 aromatic carbocycles. The van der Waals surface area contributed by atoms with Crippen molar-refractivity contribution in [2.45, 2.75) is 46.5 Å². The molecule has 0 amide bonds. The maximum atomic E-state index is 4.76. The van der Waals surface area contributed by atoms with Crippen LogP contribution in [-0.2, 0) is 6.42 Å².